The highest BCUT2D eigenvalue weighted by Crippen LogP contribution is 2.17. The highest BCUT2D eigenvalue weighted by atomic mass is 15.3. The van der Waals surface area contributed by atoms with Crippen LogP contribution in [0, 0.1) is 0 Å². The maximum atomic E-state index is 2.44. The van der Waals surface area contributed by atoms with Crippen molar-refractivity contribution in [2.24, 2.45) is 0 Å². The fraction of sp³-hybridized carbons (Fsp3) is 1.00. The summed E-state index contributed by atoms with van der Waals surface area (Å²) in [4.78, 5) is 0. The van der Waals surface area contributed by atoms with Crippen LogP contribution in [0.15, 0.2) is 0 Å². The Balaban J connectivity index is 1.98. The molecule has 0 radical (unpaired) electrons. The van der Waals surface area contributed by atoms with Crippen molar-refractivity contribution >= 4 is 0 Å². The Kier molecular flexibility index (Phi) is 4.79. The highest BCUT2D eigenvalue weighted by molar-refractivity contribution is 4.52. The van der Waals surface area contributed by atoms with Crippen LogP contribution in [0.3, 0.4) is 0 Å². The summed E-state index contributed by atoms with van der Waals surface area (Å²) in [6, 6.07) is 0. The van der Waals surface area contributed by atoms with E-state index in [0.29, 0.717) is 0 Å². The lowest BCUT2D eigenvalue weighted by Gasteiger charge is -2.29. The van der Waals surface area contributed by atoms with Gasteiger partial charge in [0.1, 0.15) is 0 Å². The molecule has 0 spiro atoms. The van der Waals surface area contributed by atoms with Gasteiger partial charge in [-0.25, -0.2) is 0 Å². The molecule has 13 heavy (non-hydrogen) atoms. The zero-order valence-electron chi connectivity index (χ0n) is 9.52. The Hall–Kier alpha value is -0.0400. The normalized spacial score (nSPS) is 20.8. The van der Waals surface area contributed by atoms with Gasteiger partial charge in [0.15, 0.2) is 0 Å². The van der Waals surface area contributed by atoms with Gasteiger partial charge in [0, 0.05) is 12.8 Å². The summed E-state index contributed by atoms with van der Waals surface area (Å²) in [6.45, 7) is 6.60. The number of rotatable bonds is 6. The van der Waals surface area contributed by atoms with Gasteiger partial charge in [0.25, 0.3) is 0 Å². The summed E-state index contributed by atoms with van der Waals surface area (Å²) in [5, 5.41) is 0. The molecule has 1 rings (SSSR count). The topological polar surface area (TPSA) is 0 Å². The van der Waals surface area contributed by atoms with Crippen molar-refractivity contribution in [3.63, 3.8) is 0 Å². The third-order valence-electron chi connectivity index (χ3n) is 3.45. The molecule has 0 aliphatic carbocycles. The monoisotopic (exact) mass is 184 g/mol. The number of hydrogen-bond donors (Lipinski definition) is 0. The SMILES string of the molecule is CCCCCCC[N+]1(C)CCCC1. The molecule has 0 aromatic heterocycles. The van der Waals surface area contributed by atoms with Crippen LogP contribution in [0.25, 0.3) is 0 Å². The molecule has 0 amide bonds. The van der Waals surface area contributed by atoms with E-state index in [-0.39, 0.29) is 0 Å². The van der Waals surface area contributed by atoms with Crippen LogP contribution in [0.5, 0.6) is 0 Å². The maximum absolute atomic E-state index is 2.44. The Labute approximate surface area is 83.7 Å². The zero-order chi connectivity index (χ0) is 9.57. The third kappa shape index (κ3) is 4.12. The van der Waals surface area contributed by atoms with E-state index in [2.05, 4.69) is 14.0 Å². The van der Waals surface area contributed by atoms with Gasteiger partial charge in [0.2, 0.25) is 0 Å². The summed E-state index contributed by atoms with van der Waals surface area (Å²) in [7, 11) is 2.44. The van der Waals surface area contributed by atoms with Crippen LogP contribution in [-0.2, 0) is 0 Å². The number of nitrogens with zero attached hydrogens (tertiary/aromatic N) is 1. The van der Waals surface area contributed by atoms with Gasteiger partial charge in [-0.05, 0) is 12.8 Å². The number of likely N-dealkylation sites (tertiary alicyclic amines) is 1. The van der Waals surface area contributed by atoms with Crippen molar-refractivity contribution in [2.45, 2.75) is 51.9 Å². The van der Waals surface area contributed by atoms with Gasteiger partial charge in [-0.3, -0.25) is 0 Å². The van der Waals surface area contributed by atoms with E-state index in [4.69, 9.17) is 0 Å². The summed E-state index contributed by atoms with van der Waals surface area (Å²) < 4.78 is 1.37. The molecule has 0 N–H and O–H groups in total. The van der Waals surface area contributed by atoms with Crippen molar-refractivity contribution in [3.05, 3.63) is 0 Å². The zero-order valence-corrected chi connectivity index (χ0v) is 9.52. The van der Waals surface area contributed by atoms with E-state index >= 15 is 0 Å². The Morgan fingerprint density at radius 2 is 1.54 bits per heavy atom. The molecule has 78 valence electrons. The van der Waals surface area contributed by atoms with Crippen molar-refractivity contribution in [3.8, 4) is 0 Å². The molecule has 0 aromatic rings. The van der Waals surface area contributed by atoms with Crippen LogP contribution in [0.1, 0.15) is 51.9 Å². The number of hydrogen-bond acceptors (Lipinski definition) is 0. The molecule has 1 aliphatic rings. The quantitative estimate of drug-likeness (QED) is 0.439. The Morgan fingerprint density at radius 3 is 2.15 bits per heavy atom. The van der Waals surface area contributed by atoms with E-state index in [0.717, 1.165) is 0 Å². The van der Waals surface area contributed by atoms with Gasteiger partial charge in [-0.15, -0.1) is 0 Å². The first-order chi connectivity index (χ1) is 6.27. The molecule has 0 bridgehead atoms. The molecule has 0 saturated carbocycles. The molecule has 0 unspecified atom stereocenters. The van der Waals surface area contributed by atoms with Crippen molar-refractivity contribution in [2.75, 3.05) is 26.7 Å². The fourth-order valence-corrected chi connectivity index (χ4v) is 2.42. The second-order valence-electron chi connectivity index (χ2n) is 4.91. The van der Waals surface area contributed by atoms with Gasteiger partial charge in [-0.2, -0.15) is 0 Å². The first-order valence-electron chi connectivity index (χ1n) is 6.10. The fourth-order valence-electron chi connectivity index (χ4n) is 2.42. The van der Waals surface area contributed by atoms with Gasteiger partial charge < -0.3 is 4.48 Å². The molecule has 1 heteroatoms. The Bertz CT molecular complexity index is 125. The van der Waals surface area contributed by atoms with Crippen LogP contribution in [0.4, 0.5) is 0 Å². The molecule has 1 fully saturated rings. The largest absolute Gasteiger partial charge is 0.326 e. The van der Waals surface area contributed by atoms with E-state index < -0.39 is 0 Å². The summed E-state index contributed by atoms with van der Waals surface area (Å²) >= 11 is 0. The minimum atomic E-state index is 1.37. The maximum Gasteiger partial charge on any atom is 0.0786 e. The minimum Gasteiger partial charge on any atom is -0.326 e. The molecule has 1 saturated heterocycles. The van der Waals surface area contributed by atoms with E-state index in [9.17, 15) is 0 Å². The summed E-state index contributed by atoms with van der Waals surface area (Å²) in [5.41, 5.74) is 0. The van der Waals surface area contributed by atoms with E-state index in [1.807, 2.05) is 0 Å². The van der Waals surface area contributed by atoms with Crippen LogP contribution >= 0.6 is 0 Å². The van der Waals surface area contributed by atoms with Crippen LogP contribution in [-0.4, -0.2) is 31.2 Å². The number of quaternary nitrogens is 1. The molecule has 0 atom stereocenters. The van der Waals surface area contributed by atoms with E-state index in [1.54, 1.807) is 0 Å². The molecular weight excluding hydrogens is 158 g/mol. The first kappa shape index (κ1) is 11.0. The molecule has 1 nitrogen and oxygen atoms in total. The predicted octanol–water partition coefficient (Wildman–Crippen LogP) is 3.20. The lowest BCUT2D eigenvalue weighted by atomic mass is 10.1. The van der Waals surface area contributed by atoms with Gasteiger partial charge >= 0.3 is 0 Å². The third-order valence-corrected chi connectivity index (χ3v) is 3.45. The lowest BCUT2D eigenvalue weighted by Crippen LogP contribution is -2.41. The van der Waals surface area contributed by atoms with Crippen molar-refractivity contribution in [1.82, 2.24) is 0 Å². The minimum absolute atomic E-state index is 1.37. The summed E-state index contributed by atoms with van der Waals surface area (Å²) in [5.74, 6) is 0. The Morgan fingerprint density at radius 1 is 0.923 bits per heavy atom. The number of unbranched alkanes of at least 4 members (excludes halogenated alkanes) is 4. The second-order valence-corrected chi connectivity index (χ2v) is 4.91. The summed E-state index contributed by atoms with van der Waals surface area (Å²) in [6.07, 6.45) is 10.1. The smallest absolute Gasteiger partial charge is 0.0786 e. The molecular formula is C12H26N+. The average Bonchev–Trinajstić information content (AvgIpc) is 2.53. The molecule has 1 aliphatic heterocycles. The van der Waals surface area contributed by atoms with E-state index in [1.165, 1.54) is 69.1 Å². The standard InChI is InChI=1S/C12H26N/c1-3-4-5-6-7-10-13(2)11-8-9-12-13/h3-12H2,1-2H3/q+1. The van der Waals surface area contributed by atoms with Gasteiger partial charge in [-0.1, -0.05) is 26.2 Å². The van der Waals surface area contributed by atoms with Crippen molar-refractivity contribution in [1.29, 1.82) is 0 Å². The molecule has 1 heterocycles. The average molecular weight is 184 g/mol. The predicted molar refractivity (Wildman–Crippen MR) is 58.8 cm³/mol. The van der Waals surface area contributed by atoms with Gasteiger partial charge in [0.05, 0.1) is 26.7 Å². The second kappa shape index (κ2) is 5.64. The molecule has 0 aromatic carbocycles. The highest BCUT2D eigenvalue weighted by Gasteiger charge is 2.25. The van der Waals surface area contributed by atoms with Crippen molar-refractivity contribution < 1.29 is 4.48 Å². The van der Waals surface area contributed by atoms with Crippen LogP contribution in [0.2, 0.25) is 0 Å². The first-order valence-corrected chi connectivity index (χ1v) is 6.10. The lowest BCUT2D eigenvalue weighted by molar-refractivity contribution is -0.897. The van der Waals surface area contributed by atoms with Crippen LogP contribution < -0.4 is 0 Å².